The fourth-order valence-corrected chi connectivity index (χ4v) is 4.52. The topological polar surface area (TPSA) is 60.6 Å². The van der Waals surface area contributed by atoms with Crippen molar-refractivity contribution in [2.75, 3.05) is 39.4 Å². The molecule has 2 aromatic carbocycles. The van der Waals surface area contributed by atoms with Gasteiger partial charge in [-0.2, -0.15) is 0 Å². The molecule has 0 aliphatic carbocycles. The molecule has 186 valence electrons. The minimum Gasteiger partial charge on any atom is -0.379 e. The van der Waals surface area contributed by atoms with Gasteiger partial charge in [0, 0.05) is 37.3 Å². The summed E-state index contributed by atoms with van der Waals surface area (Å²) in [4.78, 5) is 20.3. The Balaban J connectivity index is 1.48. The van der Waals surface area contributed by atoms with Gasteiger partial charge in [-0.05, 0) is 91.4 Å². The third kappa shape index (κ3) is 6.87. The lowest BCUT2D eigenvalue weighted by atomic mass is 10.0. The highest BCUT2D eigenvalue weighted by Crippen LogP contribution is 2.18. The van der Waals surface area contributed by atoms with E-state index in [0.717, 1.165) is 67.8 Å². The molecular weight excluding hydrogens is 463 g/mol. The Hall–Kier alpha value is -2.81. The zero-order chi connectivity index (χ0) is 24.8. The molecular formula is C27H33FN4O2S. The maximum absolute atomic E-state index is 13.4. The highest BCUT2D eigenvalue weighted by atomic mass is 32.1. The van der Waals surface area contributed by atoms with E-state index >= 15 is 0 Å². The first-order chi connectivity index (χ1) is 16.9. The Bertz CT molecular complexity index is 1220. The highest BCUT2D eigenvalue weighted by molar-refractivity contribution is 7.80. The van der Waals surface area contributed by atoms with Crippen LogP contribution in [0.25, 0.3) is 10.9 Å². The molecule has 2 N–H and O–H groups in total. The van der Waals surface area contributed by atoms with Gasteiger partial charge in [0.2, 0.25) is 0 Å². The number of nitrogens with one attached hydrogen (secondary N) is 2. The number of hydrogen-bond donors (Lipinski definition) is 2. The second kappa shape index (κ2) is 11.7. The standard InChI is InChI=1S/C27H33FN4O2S/c1-19-14-22-16-23(26(33)30-25(22)15-20(19)2)18-32(17-21-4-6-24(28)7-5-21)27(35)29-8-3-9-31-10-12-34-13-11-31/h4-7,14-16H,3,8-13,17-18H2,1-2H3,(H,29,35)(H,30,33). The SMILES string of the molecule is Cc1cc2cc(CN(Cc3ccc(F)cc3)C(=S)NCCCN3CCOCC3)c(=O)[nH]c2cc1C. The lowest BCUT2D eigenvalue weighted by molar-refractivity contribution is 0.0376. The number of benzene rings is 2. The van der Waals surface area contributed by atoms with Gasteiger partial charge in [-0.25, -0.2) is 4.39 Å². The van der Waals surface area contributed by atoms with E-state index in [1.54, 1.807) is 12.1 Å². The largest absolute Gasteiger partial charge is 0.379 e. The number of hydrogen-bond acceptors (Lipinski definition) is 4. The van der Waals surface area contributed by atoms with E-state index in [1.165, 1.54) is 17.7 Å². The van der Waals surface area contributed by atoms with Crippen LogP contribution in [-0.2, 0) is 17.8 Å². The zero-order valence-electron chi connectivity index (χ0n) is 20.4. The molecule has 1 aliphatic heterocycles. The van der Waals surface area contributed by atoms with Crippen LogP contribution < -0.4 is 10.9 Å². The Labute approximate surface area is 211 Å². The van der Waals surface area contributed by atoms with Gasteiger partial charge in [0.05, 0.1) is 19.8 Å². The van der Waals surface area contributed by atoms with Crippen LogP contribution in [0.3, 0.4) is 0 Å². The molecule has 0 bridgehead atoms. The summed E-state index contributed by atoms with van der Waals surface area (Å²) in [7, 11) is 0. The number of rotatable bonds is 8. The first-order valence-electron chi connectivity index (χ1n) is 12.1. The zero-order valence-corrected chi connectivity index (χ0v) is 21.2. The number of fused-ring (bicyclic) bond motifs is 1. The molecule has 1 fully saturated rings. The van der Waals surface area contributed by atoms with Crippen molar-refractivity contribution in [3.8, 4) is 0 Å². The molecule has 2 heterocycles. The minimum atomic E-state index is -0.277. The maximum Gasteiger partial charge on any atom is 0.253 e. The van der Waals surface area contributed by atoms with Crippen molar-refractivity contribution < 1.29 is 9.13 Å². The summed E-state index contributed by atoms with van der Waals surface area (Å²) < 4.78 is 18.9. The van der Waals surface area contributed by atoms with Crippen molar-refractivity contribution >= 4 is 28.2 Å². The van der Waals surface area contributed by atoms with Crippen LogP contribution in [-0.4, -0.2) is 59.3 Å². The van der Waals surface area contributed by atoms with E-state index in [9.17, 15) is 9.18 Å². The summed E-state index contributed by atoms with van der Waals surface area (Å²) in [5, 5.41) is 4.93. The van der Waals surface area contributed by atoms with Crippen LogP contribution in [0.15, 0.2) is 47.3 Å². The number of aromatic amines is 1. The number of aromatic nitrogens is 1. The summed E-state index contributed by atoms with van der Waals surface area (Å²) in [5.41, 5.74) is 4.58. The fraction of sp³-hybridized carbons (Fsp3) is 0.407. The van der Waals surface area contributed by atoms with Gasteiger partial charge in [-0.1, -0.05) is 12.1 Å². The third-order valence-electron chi connectivity index (χ3n) is 6.50. The molecule has 6 nitrogen and oxygen atoms in total. The quantitative estimate of drug-likeness (QED) is 0.365. The van der Waals surface area contributed by atoms with Gasteiger partial charge >= 0.3 is 0 Å². The first kappa shape index (κ1) is 25.3. The molecule has 0 radical (unpaired) electrons. The molecule has 1 saturated heterocycles. The third-order valence-corrected chi connectivity index (χ3v) is 6.90. The molecule has 1 aromatic heterocycles. The Kier molecular flexibility index (Phi) is 8.49. The van der Waals surface area contributed by atoms with Crippen LogP contribution in [0.2, 0.25) is 0 Å². The Morgan fingerprint density at radius 3 is 2.57 bits per heavy atom. The molecule has 3 aromatic rings. The van der Waals surface area contributed by atoms with Gasteiger partial charge in [0.1, 0.15) is 5.82 Å². The van der Waals surface area contributed by atoms with Crippen molar-refractivity contribution in [2.45, 2.75) is 33.4 Å². The van der Waals surface area contributed by atoms with E-state index < -0.39 is 0 Å². The summed E-state index contributed by atoms with van der Waals surface area (Å²) in [5.74, 6) is -0.277. The number of ether oxygens (including phenoxy) is 1. The van der Waals surface area contributed by atoms with Gasteiger partial charge < -0.3 is 19.9 Å². The molecule has 0 amide bonds. The molecule has 35 heavy (non-hydrogen) atoms. The monoisotopic (exact) mass is 496 g/mol. The second-order valence-corrected chi connectivity index (χ2v) is 9.56. The van der Waals surface area contributed by atoms with Crippen molar-refractivity contribution in [2.24, 2.45) is 0 Å². The minimum absolute atomic E-state index is 0.125. The average Bonchev–Trinajstić information content (AvgIpc) is 2.85. The van der Waals surface area contributed by atoms with E-state index in [-0.39, 0.29) is 11.4 Å². The highest BCUT2D eigenvalue weighted by Gasteiger charge is 2.15. The van der Waals surface area contributed by atoms with Gasteiger partial charge in [0.15, 0.2) is 5.11 Å². The fourth-order valence-electron chi connectivity index (χ4n) is 4.29. The van der Waals surface area contributed by atoms with Crippen LogP contribution in [0.4, 0.5) is 4.39 Å². The predicted molar refractivity (Wildman–Crippen MR) is 142 cm³/mol. The van der Waals surface area contributed by atoms with Crippen molar-refractivity contribution in [3.05, 3.63) is 80.9 Å². The molecule has 4 rings (SSSR count). The normalized spacial score (nSPS) is 14.3. The number of morpholine rings is 1. The summed E-state index contributed by atoms with van der Waals surface area (Å²) in [6, 6.07) is 12.4. The van der Waals surface area contributed by atoms with E-state index in [1.807, 2.05) is 24.0 Å². The molecule has 0 spiro atoms. The Morgan fingerprint density at radius 2 is 1.83 bits per heavy atom. The number of H-pyrrole nitrogens is 1. The summed E-state index contributed by atoms with van der Waals surface area (Å²) in [6.07, 6.45) is 0.958. The lowest BCUT2D eigenvalue weighted by Crippen LogP contribution is -2.42. The lowest BCUT2D eigenvalue weighted by Gasteiger charge is -2.28. The van der Waals surface area contributed by atoms with Crippen molar-refractivity contribution in [3.63, 3.8) is 0 Å². The predicted octanol–water partition coefficient (Wildman–Crippen LogP) is 3.88. The number of thiocarbonyl (C=S) groups is 1. The molecule has 1 aliphatic rings. The number of pyridine rings is 1. The van der Waals surface area contributed by atoms with Gasteiger partial charge in [-0.15, -0.1) is 0 Å². The number of nitrogens with zero attached hydrogens (tertiary/aromatic N) is 2. The average molecular weight is 497 g/mol. The smallest absolute Gasteiger partial charge is 0.253 e. The van der Waals surface area contributed by atoms with Crippen molar-refractivity contribution in [1.82, 2.24) is 20.1 Å². The first-order valence-corrected chi connectivity index (χ1v) is 12.5. The molecule has 0 saturated carbocycles. The molecule has 0 unspecified atom stereocenters. The summed E-state index contributed by atoms with van der Waals surface area (Å²) >= 11 is 5.74. The molecule has 8 heteroatoms. The summed E-state index contributed by atoms with van der Waals surface area (Å²) in [6.45, 7) is 10.2. The van der Waals surface area contributed by atoms with Crippen molar-refractivity contribution in [1.29, 1.82) is 0 Å². The van der Waals surface area contributed by atoms with Gasteiger partial charge in [0.25, 0.3) is 5.56 Å². The van der Waals surface area contributed by atoms with Gasteiger partial charge in [-0.3, -0.25) is 9.69 Å². The van der Waals surface area contributed by atoms with Crippen LogP contribution in [0, 0.1) is 19.7 Å². The van der Waals surface area contributed by atoms with E-state index in [4.69, 9.17) is 17.0 Å². The second-order valence-electron chi connectivity index (χ2n) is 9.17. The van der Waals surface area contributed by atoms with Crippen LogP contribution in [0.5, 0.6) is 0 Å². The Morgan fingerprint density at radius 1 is 1.11 bits per heavy atom. The maximum atomic E-state index is 13.4. The number of halogens is 1. The van der Waals surface area contributed by atoms with E-state index in [0.29, 0.717) is 23.8 Å². The number of aryl methyl sites for hydroxylation is 2. The van der Waals surface area contributed by atoms with Crippen LogP contribution >= 0.6 is 12.2 Å². The molecule has 0 atom stereocenters. The van der Waals surface area contributed by atoms with Crippen LogP contribution in [0.1, 0.15) is 28.7 Å². The van der Waals surface area contributed by atoms with E-state index in [2.05, 4.69) is 28.2 Å².